The average Bonchev–Trinajstić information content (AvgIpc) is 2.03. The molecule has 1 heterocycles. The molecule has 0 fully saturated rings. The summed E-state index contributed by atoms with van der Waals surface area (Å²) in [6.45, 7) is 4.09. The second-order valence-electron chi connectivity index (χ2n) is 2.90. The van der Waals surface area contributed by atoms with E-state index in [0.29, 0.717) is 16.1 Å². The van der Waals surface area contributed by atoms with Gasteiger partial charge in [-0.15, -0.1) is 0 Å². The van der Waals surface area contributed by atoms with Gasteiger partial charge < -0.3 is 4.98 Å². The fourth-order valence-electron chi connectivity index (χ4n) is 1.09. The highest BCUT2D eigenvalue weighted by Crippen LogP contribution is 2.17. The van der Waals surface area contributed by atoms with Crippen molar-refractivity contribution in [1.82, 2.24) is 4.98 Å². The van der Waals surface area contributed by atoms with E-state index in [1.807, 2.05) is 19.9 Å². The molecule has 1 N–H and O–H groups in total. The molecule has 62 valence electrons. The van der Waals surface area contributed by atoms with E-state index in [4.69, 9.17) is 17.5 Å². The first kappa shape index (κ1) is 8.95. The van der Waals surface area contributed by atoms with Crippen LogP contribution in [0.5, 0.6) is 0 Å². The van der Waals surface area contributed by atoms with Gasteiger partial charge in [-0.25, -0.2) is 0 Å². The van der Waals surface area contributed by atoms with Crippen LogP contribution in [-0.4, -0.2) is 4.98 Å². The maximum absolute atomic E-state index is 8.81. The van der Waals surface area contributed by atoms with Gasteiger partial charge in [-0.2, -0.15) is 5.26 Å². The Morgan fingerprint density at radius 3 is 2.67 bits per heavy atom. The molecule has 3 heteroatoms. The quantitative estimate of drug-likeness (QED) is 0.671. The molecule has 0 aromatic carbocycles. The Bertz CT molecular complexity index is 371. The van der Waals surface area contributed by atoms with Crippen molar-refractivity contribution in [3.8, 4) is 6.07 Å². The van der Waals surface area contributed by atoms with E-state index >= 15 is 0 Å². The predicted molar refractivity (Wildman–Crippen MR) is 50.4 cm³/mol. The predicted octanol–water partition coefficient (Wildman–Crippen LogP) is 2.74. The lowest BCUT2D eigenvalue weighted by atomic mass is 10.0. The van der Waals surface area contributed by atoms with Crippen molar-refractivity contribution < 1.29 is 0 Å². The lowest BCUT2D eigenvalue weighted by molar-refractivity contribution is 0.857. The van der Waals surface area contributed by atoms with E-state index < -0.39 is 0 Å². The van der Waals surface area contributed by atoms with Crippen LogP contribution >= 0.6 is 12.2 Å². The number of hydrogen-bond donors (Lipinski definition) is 1. The Hall–Kier alpha value is -1.14. The SMILES string of the molecule is CC(C)c1cc[nH]c(=S)c1C#N. The van der Waals surface area contributed by atoms with Crippen LogP contribution in [0.1, 0.15) is 30.9 Å². The zero-order chi connectivity index (χ0) is 9.14. The van der Waals surface area contributed by atoms with Crippen LogP contribution in [0.25, 0.3) is 0 Å². The molecule has 0 aliphatic rings. The molecule has 1 aromatic rings. The molecule has 1 aromatic heterocycles. The molecule has 0 bridgehead atoms. The smallest absolute Gasteiger partial charge is 0.121 e. The first-order chi connectivity index (χ1) is 5.66. The van der Waals surface area contributed by atoms with Gasteiger partial charge in [0.05, 0.1) is 5.56 Å². The molecule has 0 radical (unpaired) electrons. The summed E-state index contributed by atoms with van der Waals surface area (Å²) in [6.07, 6.45) is 1.78. The van der Waals surface area contributed by atoms with Gasteiger partial charge >= 0.3 is 0 Å². The van der Waals surface area contributed by atoms with Crippen LogP contribution in [0.4, 0.5) is 0 Å². The number of hydrogen-bond acceptors (Lipinski definition) is 2. The summed E-state index contributed by atoms with van der Waals surface area (Å²) in [5, 5.41) is 8.81. The lowest BCUT2D eigenvalue weighted by Gasteiger charge is -2.06. The van der Waals surface area contributed by atoms with Gasteiger partial charge in [0.2, 0.25) is 0 Å². The number of nitrogens with one attached hydrogen (secondary N) is 1. The zero-order valence-electron chi connectivity index (χ0n) is 7.09. The highest BCUT2D eigenvalue weighted by Gasteiger charge is 2.06. The summed E-state index contributed by atoms with van der Waals surface area (Å²) in [4.78, 5) is 2.84. The zero-order valence-corrected chi connectivity index (χ0v) is 7.90. The molecular weight excluding hydrogens is 168 g/mol. The number of H-pyrrole nitrogens is 1. The van der Waals surface area contributed by atoms with Crippen LogP contribution in [0.15, 0.2) is 12.3 Å². The van der Waals surface area contributed by atoms with Gasteiger partial charge in [0.15, 0.2) is 0 Å². The van der Waals surface area contributed by atoms with Crippen molar-refractivity contribution >= 4 is 12.2 Å². The van der Waals surface area contributed by atoms with Gasteiger partial charge in [-0.1, -0.05) is 26.1 Å². The summed E-state index contributed by atoms with van der Waals surface area (Å²) in [5.74, 6) is 0.343. The third-order valence-electron chi connectivity index (χ3n) is 1.73. The summed E-state index contributed by atoms with van der Waals surface area (Å²) in [5.41, 5.74) is 1.61. The fraction of sp³-hybridized carbons (Fsp3) is 0.333. The monoisotopic (exact) mass is 178 g/mol. The van der Waals surface area contributed by atoms with E-state index in [9.17, 15) is 0 Å². The summed E-state index contributed by atoms with van der Waals surface area (Å²) < 4.78 is 0.531. The van der Waals surface area contributed by atoms with Crippen molar-refractivity contribution in [3.05, 3.63) is 28.0 Å². The number of nitriles is 1. The molecule has 0 unspecified atom stereocenters. The Kier molecular flexibility index (Phi) is 2.61. The molecule has 0 saturated carbocycles. The largest absolute Gasteiger partial charge is 0.352 e. The van der Waals surface area contributed by atoms with Crippen molar-refractivity contribution in [2.45, 2.75) is 19.8 Å². The van der Waals surface area contributed by atoms with Crippen LogP contribution in [0.2, 0.25) is 0 Å². The Labute approximate surface area is 76.9 Å². The maximum atomic E-state index is 8.81. The number of pyridine rings is 1. The molecule has 0 aliphatic heterocycles. The molecular formula is C9H10N2S. The first-order valence-corrected chi connectivity index (χ1v) is 4.19. The minimum Gasteiger partial charge on any atom is -0.352 e. The molecule has 0 saturated heterocycles. The maximum Gasteiger partial charge on any atom is 0.121 e. The van der Waals surface area contributed by atoms with Crippen molar-refractivity contribution in [2.75, 3.05) is 0 Å². The molecule has 1 rings (SSSR count). The third kappa shape index (κ3) is 1.54. The van der Waals surface area contributed by atoms with E-state index in [2.05, 4.69) is 11.1 Å². The molecule has 12 heavy (non-hydrogen) atoms. The highest BCUT2D eigenvalue weighted by molar-refractivity contribution is 7.71. The fourth-order valence-corrected chi connectivity index (χ4v) is 1.32. The highest BCUT2D eigenvalue weighted by atomic mass is 32.1. The summed E-state index contributed by atoms with van der Waals surface area (Å²) in [6, 6.07) is 4.01. The molecule has 0 spiro atoms. The van der Waals surface area contributed by atoms with Gasteiger partial charge in [-0.05, 0) is 17.5 Å². The Morgan fingerprint density at radius 1 is 1.58 bits per heavy atom. The van der Waals surface area contributed by atoms with Crippen LogP contribution in [-0.2, 0) is 0 Å². The van der Waals surface area contributed by atoms with Crippen molar-refractivity contribution in [2.24, 2.45) is 0 Å². The second-order valence-corrected chi connectivity index (χ2v) is 3.31. The number of nitrogens with zero attached hydrogens (tertiary/aromatic N) is 1. The standard InChI is InChI=1S/C9H10N2S/c1-6(2)7-3-4-11-9(12)8(7)5-10/h3-4,6H,1-2H3,(H,11,12). The van der Waals surface area contributed by atoms with Crippen molar-refractivity contribution in [1.29, 1.82) is 5.26 Å². The minimum atomic E-state index is 0.343. The number of rotatable bonds is 1. The molecule has 0 atom stereocenters. The second kappa shape index (κ2) is 3.51. The van der Waals surface area contributed by atoms with Gasteiger partial charge in [0.25, 0.3) is 0 Å². The normalized spacial score (nSPS) is 9.83. The molecule has 0 aliphatic carbocycles. The van der Waals surface area contributed by atoms with E-state index in [1.54, 1.807) is 6.20 Å². The number of aromatic amines is 1. The van der Waals surface area contributed by atoms with Gasteiger partial charge in [0, 0.05) is 6.20 Å². The van der Waals surface area contributed by atoms with E-state index in [1.165, 1.54) is 0 Å². The summed E-state index contributed by atoms with van der Waals surface area (Å²) in [7, 11) is 0. The summed E-state index contributed by atoms with van der Waals surface area (Å²) >= 11 is 4.98. The van der Waals surface area contributed by atoms with Crippen LogP contribution in [0, 0.1) is 16.0 Å². The Morgan fingerprint density at radius 2 is 2.25 bits per heavy atom. The number of aromatic nitrogens is 1. The first-order valence-electron chi connectivity index (χ1n) is 3.78. The minimum absolute atomic E-state index is 0.343. The van der Waals surface area contributed by atoms with E-state index in [-0.39, 0.29) is 0 Å². The topological polar surface area (TPSA) is 39.6 Å². The van der Waals surface area contributed by atoms with Gasteiger partial charge in [0.1, 0.15) is 10.7 Å². The van der Waals surface area contributed by atoms with Gasteiger partial charge in [-0.3, -0.25) is 0 Å². The average molecular weight is 178 g/mol. The van der Waals surface area contributed by atoms with Crippen LogP contribution < -0.4 is 0 Å². The van der Waals surface area contributed by atoms with E-state index in [0.717, 1.165) is 5.56 Å². The lowest BCUT2D eigenvalue weighted by Crippen LogP contribution is -1.94. The van der Waals surface area contributed by atoms with Crippen molar-refractivity contribution in [3.63, 3.8) is 0 Å². The third-order valence-corrected chi connectivity index (χ3v) is 2.05. The van der Waals surface area contributed by atoms with Crippen LogP contribution in [0.3, 0.4) is 0 Å². The molecule has 2 nitrogen and oxygen atoms in total. The molecule has 0 amide bonds. The Balaban J connectivity index is 3.41.